The van der Waals surface area contributed by atoms with E-state index < -0.39 is 17.6 Å². The van der Waals surface area contributed by atoms with Crippen LogP contribution in [0.5, 0.6) is 0 Å². The van der Waals surface area contributed by atoms with Crippen LogP contribution in [-0.2, 0) is 9.59 Å². The highest BCUT2D eigenvalue weighted by atomic mass is 35.5. The van der Waals surface area contributed by atoms with E-state index in [-0.39, 0.29) is 22.7 Å². The number of amides is 2. The van der Waals surface area contributed by atoms with Crippen molar-refractivity contribution < 1.29 is 14.0 Å². The molecule has 8 heteroatoms. The van der Waals surface area contributed by atoms with Gasteiger partial charge in [0.25, 0.3) is 0 Å². The molecule has 0 bridgehead atoms. The minimum absolute atomic E-state index is 0.102. The predicted molar refractivity (Wildman–Crippen MR) is 122 cm³/mol. The van der Waals surface area contributed by atoms with E-state index in [0.29, 0.717) is 40.5 Å². The summed E-state index contributed by atoms with van der Waals surface area (Å²) >= 11 is 6.07. The summed E-state index contributed by atoms with van der Waals surface area (Å²) in [5.74, 6) is -2.09. The second-order valence-corrected chi connectivity index (χ2v) is 9.28. The number of allylic oxidation sites excluding steroid dienone is 1. The standard InChI is InChI=1S/C24H24ClFN4O2/c1-24(2)11-17-19(23(32)29-12-24)18(13-3-5-14(25)6-4-13)20(22(28)31)21(27)30(17)16-9-7-15(26)8-10-16/h3-10,18H,11-12,27H2,1-2H3,(H2,28,31)(H,29,32). The lowest BCUT2D eigenvalue weighted by molar-refractivity contribution is -0.118. The van der Waals surface area contributed by atoms with Crippen LogP contribution in [0.2, 0.25) is 5.02 Å². The normalized spacial score (nSPS) is 20.6. The molecule has 0 fully saturated rings. The van der Waals surface area contributed by atoms with Crippen LogP contribution >= 0.6 is 11.6 Å². The van der Waals surface area contributed by atoms with Crippen LogP contribution in [-0.4, -0.2) is 18.4 Å². The highest BCUT2D eigenvalue weighted by Crippen LogP contribution is 2.46. The highest BCUT2D eigenvalue weighted by molar-refractivity contribution is 6.30. The van der Waals surface area contributed by atoms with Gasteiger partial charge in [-0.05, 0) is 53.8 Å². The molecule has 5 N–H and O–H groups in total. The number of carbonyl (C=O) groups excluding carboxylic acids is 2. The first-order valence-corrected chi connectivity index (χ1v) is 10.6. The Labute approximate surface area is 190 Å². The van der Waals surface area contributed by atoms with E-state index in [1.165, 1.54) is 12.1 Å². The number of halogens is 2. The van der Waals surface area contributed by atoms with Gasteiger partial charge in [0.1, 0.15) is 11.6 Å². The third-order valence-corrected chi connectivity index (χ3v) is 6.10. The molecule has 0 radical (unpaired) electrons. The molecule has 1 unspecified atom stereocenters. The van der Waals surface area contributed by atoms with Crippen molar-refractivity contribution in [2.45, 2.75) is 26.2 Å². The Morgan fingerprint density at radius 3 is 2.38 bits per heavy atom. The number of benzene rings is 2. The van der Waals surface area contributed by atoms with Gasteiger partial charge in [-0.15, -0.1) is 0 Å². The lowest BCUT2D eigenvalue weighted by Gasteiger charge is -2.39. The Morgan fingerprint density at radius 1 is 1.16 bits per heavy atom. The quantitative estimate of drug-likeness (QED) is 0.660. The van der Waals surface area contributed by atoms with Gasteiger partial charge in [0.2, 0.25) is 11.8 Å². The number of nitrogens with zero attached hydrogens (tertiary/aromatic N) is 1. The van der Waals surface area contributed by atoms with Crippen LogP contribution in [0.1, 0.15) is 31.7 Å². The maximum atomic E-state index is 13.6. The summed E-state index contributed by atoms with van der Waals surface area (Å²) in [7, 11) is 0. The third-order valence-electron chi connectivity index (χ3n) is 5.85. The second kappa shape index (κ2) is 7.98. The smallest absolute Gasteiger partial charge is 0.249 e. The molecule has 0 aromatic heterocycles. The van der Waals surface area contributed by atoms with Gasteiger partial charge in [-0.3, -0.25) is 14.5 Å². The van der Waals surface area contributed by atoms with Crippen LogP contribution < -0.4 is 21.7 Å². The first-order chi connectivity index (χ1) is 15.1. The number of rotatable bonds is 3. The van der Waals surface area contributed by atoms with Gasteiger partial charge in [0.15, 0.2) is 0 Å². The summed E-state index contributed by atoms with van der Waals surface area (Å²) in [6, 6.07) is 12.6. The van der Waals surface area contributed by atoms with Crippen molar-refractivity contribution in [1.82, 2.24) is 5.32 Å². The van der Waals surface area contributed by atoms with Crippen molar-refractivity contribution in [3.63, 3.8) is 0 Å². The molecule has 4 rings (SSSR count). The van der Waals surface area contributed by atoms with E-state index in [0.717, 1.165) is 0 Å². The Hall–Kier alpha value is -3.32. The molecule has 0 saturated carbocycles. The lowest BCUT2D eigenvalue weighted by Crippen LogP contribution is -2.41. The fourth-order valence-corrected chi connectivity index (χ4v) is 4.48. The SMILES string of the molecule is CC1(C)CNC(=O)C2=C(C1)N(c1ccc(F)cc1)C(N)=C(C(N)=O)C2c1ccc(Cl)cc1. The Balaban J connectivity index is 2.03. The Bertz CT molecular complexity index is 1150. The summed E-state index contributed by atoms with van der Waals surface area (Å²) in [5, 5.41) is 3.50. The van der Waals surface area contributed by atoms with Gasteiger partial charge in [-0.25, -0.2) is 4.39 Å². The van der Waals surface area contributed by atoms with E-state index in [9.17, 15) is 14.0 Å². The molecule has 2 heterocycles. The Morgan fingerprint density at radius 2 is 1.78 bits per heavy atom. The van der Waals surface area contributed by atoms with Crippen molar-refractivity contribution in [2.75, 3.05) is 11.4 Å². The first-order valence-electron chi connectivity index (χ1n) is 10.2. The molecule has 32 heavy (non-hydrogen) atoms. The van der Waals surface area contributed by atoms with Crippen LogP contribution in [0.4, 0.5) is 10.1 Å². The van der Waals surface area contributed by atoms with E-state index in [4.69, 9.17) is 23.1 Å². The summed E-state index contributed by atoms with van der Waals surface area (Å²) in [5.41, 5.74) is 14.4. The molecule has 0 spiro atoms. The van der Waals surface area contributed by atoms with Crippen LogP contribution in [0, 0.1) is 11.2 Å². The molecule has 2 aliphatic rings. The zero-order valence-corrected chi connectivity index (χ0v) is 18.5. The van der Waals surface area contributed by atoms with Crippen molar-refractivity contribution >= 4 is 29.1 Å². The van der Waals surface area contributed by atoms with E-state index in [1.54, 1.807) is 41.3 Å². The van der Waals surface area contributed by atoms with Crippen LogP contribution in [0.15, 0.2) is 71.2 Å². The van der Waals surface area contributed by atoms with Crippen molar-refractivity contribution in [1.29, 1.82) is 0 Å². The van der Waals surface area contributed by atoms with Gasteiger partial charge in [0, 0.05) is 28.5 Å². The zero-order valence-electron chi connectivity index (χ0n) is 17.8. The maximum absolute atomic E-state index is 13.6. The average molecular weight is 455 g/mol. The molecular formula is C24H24ClFN4O2. The lowest BCUT2D eigenvalue weighted by atomic mass is 9.77. The summed E-state index contributed by atoms with van der Waals surface area (Å²) in [6.45, 7) is 4.51. The van der Waals surface area contributed by atoms with Gasteiger partial charge in [0.05, 0.1) is 11.5 Å². The molecule has 6 nitrogen and oxygen atoms in total. The first kappa shape index (κ1) is 21.9. The van der Waals surface area contributed by atoms with E-state index in [2.05, 4.69) is 5.32 Å². The fraction of sp³-hybridized carbons (Fsp3) is 0.250. The zero-order chi connectivity index (χ0) is 23.2. The molecule has 2 aromatic rings. The summed E-state index contributed by atoms with van der Waals surface area (Å²) in [4.78, 5) is 27.7. The largest absolute Gasteiger partial charge is 0.384 e. The second-order valence-electron chi connectivity index (χ2n) is 8.84. The molecular weight excluding hydrogens is 431 g/mol. The molecule has 2 aliphatic heterocycles. The average Bonchev–Trinajstić information content (AvgIpc) is 2.84. The number of hydrogen-bond acceptors (Lipinski definition) is 4. The van der Waals surface area contributed by atoms with Crippen molar-refractivity contribution in [3.05, 3.63) is 87.6 Å². The summed E-state index contributed by atoms with van der Waals surface area (Å²) in [6.07, 6.45) is 0.495. The van der Waals surface area contributed by atoms with Crippen molar-refractivity contribution in [2.24, 2.45) is 16.9 Å². The van der Waals surface area contributed by atoms with Crippen LogP contribution in [0.3, 0.4) is 0 Å². The molecule has 166 valence electrons. The number of nitrogens with one attached hydrogen (secondary N) is 1. The molecule has 1 atom stereocenters. The number of anilines is 1. The minimum Gasteiger partial charge on any atom is -0.384 e. The molecule has 0 aliphatic carbocycles. The van der Waals surface area contributed by atoms with E-state index in [1.807, 2.05) is 13.8 Å². The molecule has 0 saturated heterocycles. The number of carbonyl (C=O) groups is 2. The number of nitrogens with two attached hydrogens (primary N) is 2. The summed E-state index contributed by atoms with van der Waals surface area (Å²) < 4.78 is 13.6. The van der Waals surface area contributed by atoms with Gasteiger partial charge in [-0.1, -0.05) is 37.6 Å². The van der Waals surface area contributed by atoms with Crippen LogP contribution in [0.25, 0.3) is 0 Å². The molecule has 2 amide bonds. The van der Waals surface area contributed by atoms with E-state index >= 15 is 0 Å². The van der Waals surface area contributed by atoms with Gasteiger partial charge < -0.3 is 16.8 Å². The van der Waals surface area contributed by atoms with Gasteiger partial charge in [-0.2, -0.15) is 0 Å². The third kappa shape index (κ3) is 3.84. The monoisotopic (exact) mass is 454 g/mol. The predicted octanol–water partition coefficient (Wildman–Crippen LogP) is 3.54. The maximum Gasteiger partial charge on any atom is 0.249 e. The highest BCUT2D eigenvalue weighted by Gasteiger charge is 2.44. The topological polar surface area (TPSA) is 101 Å². The molecule has 2 aromatic carbocycles. The minimum atomic E-state index is -0.759. The Kier molecular flexibility index (Phi) is 5.46. The number of hydrogen-bond donors (Lipinski definition) is 3. The van der Waals surface area contributed by atoms with Gasteiger partial charge >= 0.3 is 0 Å². The fourth-order valence-electron chi connectivity index (χ4n) is 4.35. The van der Waals surface area contributed by atoms with Crippen molar-refractivity contribution in [3.8, 4) is 0 Å². The number of primary amides is 1.